The molecular weight excluding hydrogens is 337 g/mol. The van der Waals surface area contributed by atoms with Gasteiger partial charge >= 0.3 is 5.97 Å². The molecule has 0 fully saturated rings. The second-order valence-corrected chi connectivity index (χ2v) is 6.55. The molecule has 1 aliphatic heterocycles. The van der Waals surface area contributed by atoms with Gasteiger partial charge in [0.15, 0.2) is 0 Å². The molecule has 6 heteroatoms. The molecule has 1 unspecified atom stereocenters. The van der Waals surface area contributed by atoms with Crippen LogP contribution in [0.5, 0.6) is 5.75 Å². The Morgan fingerprint density at radius 2 is 1.54 bits per heavy atom. The first kappa shape index (κ1) is 17.8. The molecule has 0 radical (unpaired) electrons. The Labute approximate surface area is 150 Å². The van der Waals surface area contributed by atoms with Gasteiger partial charge in [-0.2, -0.15) is 0 Å². The van der Waals surface area contributed by atoms with Crippen molar-refractivity contribution in [3.63, 3.8) is 0 Å². The third-order valence-corrected chi connectivity index (χ3v) is 4.14. The highest BCUT2D eigenvalue weighted by atomic mass is 19.1. The lowest BCUT2D eigenvalue weighted by Crippen LogP contribution is -2.47. The van der Waals surface area contributed by atoms with E-state index in [9.17, 15) is 18.8 Å². The summed E-state index contributed by atoms with van der Waals surface area (Å²) in [5, 5.41) is 0. The molecule has 0 aromatic heterocycles. The third kappa shape index (κ3) is 3.35. The van der Waals surface area contributed by atoms with Crippen LogP contribution in [0.4, 0.5) is 4.39 Å². The molecule has 0 spiro atoms. The molecule has 0 aliphatic carbocycles. The maximum Gasteiger partial charge on any atom is 0.334 e. The summed E-state index contributed by atoms with van der Waals surface area (Å²) in [6.45, 7) is 3.77. The van der Waals surface area contributed by atoms with Crippen molar-refractivity contribution in [3.05, 3.63) is 65.5 Å². The number of esters is 1. The van der Waals surface area contributed by atoms with Crippen LogP contribution in [0.3, 0.4) is 0 Å². The van der Waals surface area contributed by atoms with E-state index in [2.05, 4.69) is 0 Å². The van der Waals surface area contributed by atoms with Gasteiger partial charge in [0.05, 0.1) is 11.1 Å². The summed E-state index contributed by atoms with van der Waals surface area (Å²) in [5.41, 5.74) is 0.557. The normalized spacial score (nSPS) is 14.5. The first-order valence-corrected chi connectivity index (χ1v) is 8.32. The molecule has 2 aromatic carbocycles. The summed E-state index contributed by atoms with van der Waals surface area (Å²) in [4.78, 5) is 39.0. The quantitative estimate of drug-likeness (QED) is 0.468. The van der Waals surface area contributed by atoms with Crippen LogP contribution in [0, 0.1) is 11.7 Å². The Balaban J connectivity index is 1.89. The van der Waals surface area contributed by atoms with Crippen molar-refractivity contribution in [1.82, 2.24) is 4.90 Å². The van der Waals surface area contributed by atoms with Crippen molar-refractivity contribution in [2.75, 3.05) is 0 Å². The molecule has 134 valence electrons. The van der Waals surface area contributed by atoms with E-state index in [1.54, 1.807) is 24.3 Å². The Morgan fingerprint density at radius 1 is 1.00 bits per heavy atom. The minimum Gasteiger partial charge on any atom is -0.425 e. The molecule has 5 nitrogen and oxygen atoms in total. The Kier molecular flexibility index (Phi) is 4.84. The SMILES string of the molecule is CC(C)CC(C(=O)Oc1ccc(F)cc1)N1C(=O)c2ccccc2C1=O. The number of imide groups is 1. The summed E-state index contributed by atoms with van der Waals surface area (Å²) >= 11 is 0. The van der Waals surface area contributed by atoms with Gasteiger partial charge in [0, 0.05) is 0 Å². The molecule has 0 saturated heterocycles. The number of carbonyl (C=O) groups excluding carboxylic acids is 3. The summed E-state index contributed by atoms with van der Waals surface area (Å²) in [6.07, 6.45) is 0.269. The highest BCUT2D eigenvalue weighted by molar-refractivity contribution is 6.22. The van der Waals surface area contributed by atoms with Crippen LogP contribution in [0.2, 0.25) is 0 Å². The first-order valence-electron chi connectivity index (χ1n) is 8.32. The molecule has 1 atom stereocenters. The molecule has 1 heterocycles. The average Bonchev–Trinajstić information content (AvgIpc) is 2.86. The highest BCUT2D eigenvalue weighted by Gasteiger charge is 2.43. The van der Waals surface area contributed by atoms with Crippen molar-refractivity contribution in [2.24, 2.45) is 5.92 Å². The van der Waals surface area contributed by atoms with Crippen molar-refractivity contribution in [2.45, 2.75) is 26.3 Å². The van der Waals surface area contributed by atoms with Gasteiger partial charge in [-0.25, -0.2) is 9.18 Å². The summed E-state index contributed by atoms with van der Waals surface area (Å²) in [7, 11) is 0. The van der Waals surface area contributed by atoms with Gasteiger partial charge in [0.1, 0.15) is 17.6 Å². The first-order chi connectivity index (χ1) is 12.4. The summed E-state index contributed by atoms with van der Waals surface area (Å²) < 4.78 is 18.3. The van der Waals surface area contributed by atoms with Crippen molar-refractivity contribution in [3.8, 4) is 5.75 Å². The second-order valence-electron chi connectivity index (χ2n) is 6.55. The number of rotatable bonds is 5. The monoisotopic (exact) mass is 355 g/mol. The van der Waals surface area contributed by atoms with Crippen molar-refractivity contribution in [1.29, 1.82) is 0 Å². The van der Waals surface area contributed by atoms with Crippen LogP contribution in [-0.2, 0) is 4.79 Å². The molecule has 1 aliphatic rings. The number of fused-ring (bicyclic) bond motifs is 1. The maximum absolute atomic E-state index is 13.0. The molecule has 26 heavy (non-hydrogen) atoms. The predicted molar refractivity (Wildman–Crippen MR) is 92.2 cm³/mol. The maximum atomic E-state index is 13.0. The van der Waals surface area contributed by atoms with Gasteiger partial charge in [-0.05, 0) is 48.7 Å². The van der Waals surface area contributed by atoms with E-state index >= 15 is 0 Å². The third-order valence-electron chi connectivity index (χ3n) is 4.14. The minimum absolute atomic E-state index is 0.0464. The average molecular weight is 355 g/mol. The van der Waals surface area contributed by atoms with Crippen molar-refractivity contribution < 1.29 is 23.5 Å². The summed E-state index contributed by atoms with van der Waals surface area (Å²) in [6, 6.07) is 10.4. The van der Waals surface area contributed by atoms with Crippen molar-refractivity contribution >= 4 is 17.8 Å². The van der Waals surface area contributed by atoms with E-state index in [0.717, 1.165) is 4.90 Å². The predicted octanol–water partition coefficient (Wildman–Crippen LogP) is 3.44. The zero-order chi connectivity index (χ0) is 18.8. The fourth-order valence-electron chi connectivity index (χ4n) is 2.93. The van der Waals surface area contributed by atoms with Crippen LogP contribution >= 0.6 is 0 Å². The van der Waals surface area contributed by atoms with Gasteiger partial charge in [0.2, 0.25) is 0 Å². The minimum atomic E-state index is -1.05. The lowest BCUT2D eigenvalue weighted by Gasteiger charge is -2.25. The van der Waals surface area contributed by atoms with E-state index in [-0.39, 0.29) is 29.2 Å². The highest BCUT2D eigenvalue weighted by Crippen LogP contribution is 2.28. The number of benzene rings is 2. The van der Waals surface area contributed by atoms with Crippen LogP contribution in [0.25, 0.3) is 0 Å². The number of hydrogen-bond acceptors (Lipinski definition) is 4. The number of halogens is 1. The standard InChI is InChI=1S/C20H18FNO4/c1-12(2)11-17(20(25)26-14-9-7-13(21)8-10-14)22-18(23)15-5-3-4-6-16(15)19(22)24/h3-10,12,17H,11H2,1-2H3. The fraction of sp³-hybridized carbons (Fsp3) is 0.250. The molecule has 2 amide bonds. The van der Waals surface area contributed by atoms with E-state index in [0.29, 0.717) is 0 Å². The van der Waals surface area contributed by atoms with Gasteiger partial charge < -0.3 is 4.74 Å². The second kappa shape index (κ2) is 7.07. The van der Waals surface area contributed by atoms with Gasteiger partial charge in [-0.3, -0.25) is 14.5 Å². The lowest BCUT2D eigenvalue weighted by atomic mass is 10.0. The zero-order valence-corrected chi connectivity index (χ0v) is 14.4. The largest absolute Gasteiger partial charge is 0.425 e. The molecule has 2 aromatic rings. The Bertz CT molecular complexity index is 825. The smallest absolute Gasteiger partial charge is 0.334 e. The molecule has 0 N–H and O–H groups in total. The van der Waals surface area contributed by atoms with E-state index in [4.69, 9.17) is 4.74 Å². The molecule has 0 bridgehead atoms. The van der Waals surface area contributed by atoms with Crippen LogP contribution < -0.4 is 4.74 Å². The van der Waals surface area contributed by atoms with Crippen LogP contribution in [0.15, 0.2) is 48.5 Å². The van der Waals surface area contributed by atoms with Crippen LogP contribution in [0.1, 0.15) is 41.0 Å². The van der Waals surface area contributed by atoms with Crippen LogP contribution in [-0.4, -0.2) is 28.7 Å². The summed E-state index contributed by atoms with van der Waals surface area (Å²) in [5.74, 6) is -1.99. The number of hydrogen-bond donors (Lipinski definition) is 0. The lowest BCUT2D eigenvalue weighted by molar-refractivity contribution is -0.139. The topological polar surface area (TPSA) is 63.7 Å². The molecular formula is C20H18FNO4. The zero-order valence-electron chi connectivity index (χ0n) is 14.4. The van der Waals surface area contributed by atoms with E-state index in [1.165, 1.54) is 24.3 Å². The number of amides is 2. The Hall–Kier alpha value is -3.02. The Morgan fingerprint density at radius 3 is 2.04 bits per heavy atom. The van der Waals surface area contributed by atoms with E-state index in [1.807, 2.05) is 13.8 Å². The molecule has 3 rings (SSSR count). The number of ether oxygens (including phenoxy) is 1. The van der Waals surface area contributed by atoms with Gasteiger partial charge in [0.25, 0.3) is 11.8 Å². The fourth-order valence-corrected chi connectivity index (χ4v) is 2.93. The number of carbonyl (C=O) groups is 3. The molecule has 0 saturated carbocycles. The van der Waals surface area contributed by atoms with Gasteiger partial charge in [-0.1, -0.05) is 26.0 Å². The van der Waals surface area contributed by atoms with E-state index < -0.39 is 29.6 Å². The number of nitrogens with zero attached hydrogens (tertiary/aromatic N) is 1. The van der Waals surface area contributed by atoms with Gasteiger partial charge in [-0.15, -0.1) is 0 Å².